The Balaban J connectivity index is 1.80. The molecule has 0 amide bonds. The molecule has 0 saturated carbocycles. The highest BCUT2D eigenvalue weighted by Gasteiger charge is 2.14. The first-order chi connectivity index (χ1) is 10.7. The van der Waals surface area contributed by atoms with Crippen LogP contribution in [0.1, 0.15) is 0 Å². The van der Waals surface area contributed by atoms with Gasteiger partial charge in [0.05, 0.1) is 11.1 Å². The first kappa shape index (κ1) is 12.6. The van der Waals surface area contributed by atoms with Gasteiger partial charge in [0.1, 0.15) is 11.3 Å². The average molecular weight is 295 g/mol. The Morgan fingerprint density at radius 1 is 1.14 bits per heavy atom. The molecule has 4 rings (SSSR count). The summed E-state index contributed by atoms with van der Waals surface area (Å²) in [5.74, 6) is 0.140. The van der Waals surface area contributed by atoms with Gasteiger partial charge in [0, 0.05) is 12.6 Å². The van der Waals surface area contributed by atoms with Crippen LogP contribution in [0.5, 0.6) is 0 Å². The Hall–Kier alpha value is -3.09. The van der Waals surface area contributed by atoms with E-state index >= 15 is 0 Å². The fourth-order valence-corrected chi connectivity index (χ4v) is 2.25. The number of aryl methyl sites for hydroxylation is 1. The van der Waals surface area contributed by atoms with Crippen molar-refractivity contribution in [2.75, 3.05) is 0 Å². The van der Waals surface area contributed by atoms with Crippen LogP contribution in [0, 0.1) is 5.82 Å². The fourth-order valence-electron chi connectivity index (χ4n) is 2.25. The third-order valence-corrected chi connectivity index (χ3v) is 3.40. The summed E-state index contributed by atoms with van der Waals surface area (Å²) < 4.78 is 20.6. The third-order valence-electron chi connectivity index (χ3n) is 3.40. The highest BCUT2D eigenvalue weighted by Crippen LogP contribution is 2.25. The molecule has 0 spiro atoms. The smallest absolute Gasteiger partial charge is 0.261 e. The Bertz CT molecular complexity index is 975. The van der Waals surface area contributed by atoms with Gasteiger partial charge in [-0.05, 0) is 30.3 Å². The second-order valence-electron chi connectivity index (χ2n) is 4.82. The van der Waals surface area contributed by atoms with Crippen molar-refractivity contribution < 1.29 is 8.91 Å². The largest absolute Gasteiger partial charge is 0.334 e. The van der Waals surface area contributed by atoms with Gasteiger partial charge >= 0.3 is 0 Å². The third kappa shape index (κ3) is 1.95. The van der Waals surface area contributed by atoms with Crippen LogP contribution in [0.25, 0.3) is 33.9 Å². The van der Waals surface area contributed by atoms with E-state index < -0.39 is 5.82 Å². The van der Waals surface area contributed by atoms with E-state index in [0.29, 0.717) is 5.82 Å². The Morgan fingerprint density at radius 3 is 2.86 bits per heavy atom. The summed E-state index contributed by atoms with van der Waals surface area (Å²) in [5, 5.41) is 11.9. The summed E-state index contributed by atoms with van der Waals surface area (Å²) in [6.45, 7) is 0. The van der Waals surface area contributed by atoms with Gasteiger partial charge in [-0.1, -0.05) is 22.5 Å². The molecule has 22 heavy (non-hydrogen) atoms. The molecule has 6 nitrogen and oxygen atoms in total. The van der Waals surface area contributed by atoms with E-state index in [0.717, 1.165) is 16.6 Å². The lowest BCUT2D eigenvalue weighted by molar-refractivity contribution is 0.429. The molecule has 0 aliphatic heterocycles. The predicted octanol–water partition coefficient (Wildman–Crippen LogP) is 2.82. The lowest BCUT2D eigenvalue weighted by atomic mass is 10.2. The van der Waals surface area contributed by atoms with Crippen molar-refractivity contribution in [3.05, 3.63) is 48.3 Å². The summed E-state index contributed by atoms with van der Waals surface area (Å²) in [6.07, 6.45) is 0. The zero-order valence-electron chi connectivity index (χ0n) is 11.6. The molecule has 7 heteroatoms. The maximum atomic E-state index is 13.8. The SMILES string of the molecule is Cn1nnc2ccc(-c3noc(-c4ccccc4F)n3)cc21. The quantitative estimate of drug-likeness (QED) is 0.568. The van der Waals surface area contributed by atoms with Gasteiger partial charge in [0.2, 0.25) is 5.82 Å². The van der Waals surface area contributed by atoms with Crippen molar-refractivity contribution >= 4 is 11.0 Å². The summed E-state index contributed by atoms with van der Waals surface area (Å²) in [5.41, 5.74) is 2.67. The summed E-state index contributed by atoms with van der Waals surface area (Å²) in [6, 6.07) is 11.8. The van der Waals surface area contributed by atoms with Crippen LogP contribution in [0.4, 0.5) is 4.39 Å². The van der Waals surface area contributed by atoms with Crippen molar-refractivity contribution in [3.8, 4) is 22.8 Å². The molecule has 2 heterocycles. The minimum Gasteiger partial charge on any atom is -0.334 e. The Labute approximate surface area is 124 Å². The monoisotopic (exact) mass is 295 g/mol. The molecule has 0 aliphatic carbocycles. The maximum absolute atomic E-state index is 13.8. The molecule has 0 bridgehead atoms. The zero-order chi connectivity index (χ0) is 15.1. The van der Waals surface area contributed by atoms with Crippen molar-refractivity contribution in [2.45, 2.75) is 0 Å². The van der Waals surface area contributed by atoms with Gasteiger partial charge in [-0.3, -0.25) is 0 Å². The maximum Gasteiger partial charge on any atom is 0.261 e. The first-order valence-electron chi connectivity index (χ1n) is 6.61. The lowest BCUT2D eigenvalue weighted by Gasteiger charge is -1.96. The molecule has 0 atom stereocenters. The van der Waals surface area contributed by atoms with E-state index in [-0.39, 0.29) is 11.5 Å². The highest BCUT2D eigenvalue weighted by molar-refractivity contribution is 5.80. The number of nitrogens with zero attached hydrogens (tertiary/aromatic N) is 5. The molecule has 2 aromatic carbocycles. The van der Waals surface area contributed by atoms with Crippen LogP contribution < -0.4 is 0 Å². The van der Waals surface area contributed by atoms with E-state index in [4.69, 9.17) is 4.52 Å². The second kappa shape index (κ2) is 4.73. The average Bonchev–Trinajstić information content (AvgIpc) is 3.15. The molecular formula is C15H10FN5O. The molecule has 108 valence electrons. The molecule has 0 fully saturated rings. The van der Waals surface area contributed by atoms with Crippen LogP contribution in [0.15, 0.2) is 47.0 Å². The topological polar surface area (TPSA) is 69.6 Å². The molecule has 0 N–H and O–H groups in total. The van der Waals surface area contributed by atoms with E-state index in [1.54, 1.807) is 29.9 Å². The van der Waals surface area contributed by atoms with E-state index in [2.05, 4.69) is 20.5 Å². The fraction of sp³-hybridized carbons (Fsp3) is 0.0667. The summed E-state index contributed by atoms with van der Waals surface area (Å²) >= 11 is 0. The number of halogens is 1. The van der Waals surface area contributed by atoms with E-state index in [1.807, 2.05) is 18.2 Å². The first-order valence-corrected chi connectivity index (χ1v) is 6.61. The van der Waals surface area contributed by atoms with Crippen LogP contribution in [-0.4, -0.2) is 25.1 Å². The van der Waals surface area contributed by atoms with Crippen molar-refractivity contribution in [3.63, 3.8) is 0 Å². The number of aromatic nitrogens is 5. The molecule has 2 aromatic heterocycles. The predicted molar refractivity (Wildman–Crippen MR) is 77.2 cm³/mol. The standard InChI is InChI=1S/C15H10FN5O/c1-21-13-8-9(6-7-12(13)18-20-21)14-17-15(22-19-14)10-4-2-3-5-11(10)16/h2-8H,1H3. The van der Waals surface area contributed by atoms with Gasteiger partial charge in [-0.15, -0.1) is 5.10 Å². The molecule has 0 unspecified atom stereocenters. The van der Waals surface area contributed by atoms with Gasteiger partial charge in [0.15, 0.2) is 0 Å². The number of rotatable bonds is 2. The number of benzene rings is 2. The number of fused-ring (bicyclic) bond motifs is 1. The van der Waals surface area contributed by atoms with Crippen LogP contribution in [0.2, 0.25) is 0 Å². The molecule has 0 aliphatic rings. The minimum absolute atomic E-state index is 0.149. The Kier molecular flexibility index (Phi) is 2.72. The highest BCUT2D eigenvalue weighted by atomic mass is 19.1. The summed E-state index contributed by atoms with van der Waals surface area (Å²) in [4.78, 5) is 4.26. The summed E-state index contributed by atoms with van der Waals surface area (Å²) in [7, 11) is 1.81. The van der Waals surface area contributed by atoms with Gasteiger partial charge in [-0.2, -0.15) is 4.98 Å². The normalized spacial score (nSPS) is 11.2. The number of hydrogen-bond donors (Lipinski definition) is 0. The Morgan fingerprint density at radius 2 is 2.00 bits per heavy atom. The van der Waals surface area contributed by atoms with Crippen LogP contribution in [-0.2, 0) is 7.05 Å². The van der Waals surface area contributed by atoms with Gasteiger partial charge < -0.3 is 4.52 Å². The molecule has 4 aromatic rings. The minimum atomic E-state index is -0.399. The van der Waals surface area contributed by atoms with E-state index in [1.165, 1.54) is 6.07 Å². The van der Waals surface area contributed by atoms with Gasteiger partial charge in [-0.25, -0.2) is 9.07 Å². The van der Waals surface area contributed by atoms with Crippen molar-refractivity contribution in [1.29, 1.82) is 0 Å². The lowest BCUT2D eigenvalue weighted by Crippen LogP contribution is -1.90. The van der Waals surface area contributed by atoms with Crippen molar-refractivity contribution in [2.24, 2.45) is 7.05 Å². The number of hydrogen-bond acceptors (Lipinski definition) is 5. The van der Waals surface area contributed by atoms with Gasteiger partial charge in [0.25, 0.3) is 5.89 Å². The van der Waals surface area contributed by atoms with Crippen LogP contribution in [0.3, 0.4) is 0 Å². The molecular weight excluding hydrogens is 285 g/mol. The zero-order valence-corrected chi connectivity index (χ0v) is 11.6. The molecule has 0 saturated heterocycles. The van der Waals surface area contributed by atoms with E-state index in [9.17, 15) is 4.39 Å². The van der Waals surface area contributed by atoms with Crippen LogP contribution >= 0.6 is 0 Å². The molecule has 0 radical (unpaired) electrons. The van der Waals surface area contributed by atoms with Crippen molar-refractivity contribution in [1.82, 2.24) is 25.1 Å². The second-order valence-corrected chi connectivity index (χ2v) is 4.82.